The fraction of sp³-hybridized carbons (Fsp3) is 0.250. The number of anilines is 1. The zero-order valence-corrected chi connectivity index (χ0v) is 21.3. The number of nitrogens with zero attached hydrogens (tertiary/aromatic N) is 1. The number of fused-ring (bicyclic) bond motifs is 1. The lowest BCUT2D eigenvalue weighted by atomic mass is 9.86. The molecule has 184 valence electrons. The lowest BCUT2D eigenvalue weighted by molar-refractivity contribution is 0.0910. The maximum Gasteiger partial charge on any atom is 0.255 e. The predicted octanol–water partition coefficient (Wildman–Crippen LogP) is 7.10. The number of H-pyrrole nitrogens is 1. The van der Waals surface area contributed by atoms with Gasteiger partial charge < -0.3 is 15.6 Å². The number of benzene rings is 3. The van der Waals surface area contributed by atoms with Crippen LogP contribution in [0.25, 0.3) is 22.4 Å². The third kappa shape index (κ3) is 5.25. The van der Waals surface area contributed by atoms with Gasteiger partial charge in [-0.05, 0) is 79.4 Å². The van der Waals surface area contributed by atoms with Crippen molar-refractivity contribution in [3.63, 3.8) is 0 Å². The molecule has 6 nitrogen and oxygen atoms in total. The molecule has 36 heavy (non-hydrogen) atoms. The highest BCUT2D eigenvalue weighted by Crippen LogP contribution is 2.26. The minimum absolute atomic E-state index is 0.0535. The largest absolute Gasteiger partial charge is 0.349 e. The van der Waals surface area contributed by atoms with E-state index in [1.54, 1.807) is 12.1 Å². The van der Waals surface area contributed by atoms with Crippen LogP contribution in [0.1, 0.15) is 53.3 Å². The van der Waals surface area contributed by atoms with Gasteiger partial charge in [0.15, 0.2) is 0 Å². The van der Waals surface area contributed by atoms with Crippen molar-refractivity contribution < 1.29 is 9.59 Å². The molecule has 0 spiro atoms. The van der Waals surface area contributed by atoms with Crippen molar-refractivity contribution in [3.8, 4) is 11.4 Å². The summed E-state index contributed by atoms with van der Waals surface area (Å²) >= 11 is 11.9. The van der Waals surface area contributed by atoms with Crippen LogP contribution in [0.3, 0.4) is 0 Å². The second kappa shape index (κ2) is 10.3. The first kappa shape index (κ1) is 24.3. The highest BCUT2D eigenvalue weighted by atomic mass is 35.5. The van der Waals surface area contributed by atoms with Gasteiger partial charge in [-0.1, -0.05) is 43.0 Å². The average molecular weight is 521 g/mol. The van der Waals surface area contributed by atoms with E-state index < -0.39 is 0 Å². The van der Waals surface area contributed by atoms with E-state index in [1.165, 1.54) is 12.5 Å². The van der Waals surface area contributed by atoms with Gasteiger partial charge in [-0.15, -0.1) is 0 Å². The molecule has 1 aromatic heterocycles. The average Bonchev–Trinajstić information content (AvgIpc) is 3.31. The topological polar surface area (TPSA) is 86.9 Å². The molecule has 2 amide bonds. The predicted molar refractivity (Wildman–Crippen MR) is 145 cm³/mol. The molecule has 0 aliphatic heterocycles. The lowest BCUT2D eigenvalue weighted by Crippen LogP contribution is -2.41. The summed E-state index contributed by atoms with van der Waals surface area (Å²) < 4.78 is 0. The van der Waals surface area contributed by atoms with Gasteiger partial charge in [-0.3, -0.25) is 9.59 Å². The Bertz CT molecular complexity index is 1430. The zero-order chi connectivity index (χ0) is 25.2. The first-order chi connectivity index (χ1) is 17.4. The summed E-state index contributed by atoms with van der Waals surface area (Å²) in [7, 11) is 0. The third-order valence-electron chi connectivity index (χ3n) is 6.77. The van der Waals surface area contributed by atoms with Crippen molar-refractivity contribution in [2.24, 2.45) is 5.92 Å². The molecule has 3 aromatic carbocycles. The summed E-state index contributed by atoms with van der Waals surface area (Å²) in [5.74, 6) is 0.853. The molecule has 3 N–H and O–H groups in total. The Balaban J connectivity index is 1.28. The van der Waals surface area contributed by atoms with Crippen LogP contribution >= 0.6 is 23.2 Å². The van der Waals surface area contributed by atoms with Gasteiger partial charge in [0, 0.05) is 28.4 Å². The minimum Gasteiger partial charge on any atom is -0.349 e. The smallest absolute Gasteiger partial charge is 0.255 e. The molecular formula is C28H26Cl2N4O2. The van der Waals surface area contributed by atoms with Gasteiger partial charge in [0.2, 0.25) is 0 Å². The van der Waals surface area contributed by atoms with Crippen molar-refractivity contribution >= 4 is 51.7 Å². The number of nitrogens with one attached hydrogen (secondary N) is 3. The summed E-state index contributed by atoms with van der Waals surface area (Å²) in [6, 6.07) is 17.9. The fourth-order valence-electron chi connectivity index (χ4n) is 4.62. The third-order valence-corrected chi connectivity index (χ3v) is 7.51. The monoisotopic (exact) mass is 520 g/mol. The van der Waals surface area contributed by atoms with Crippen molar-refractivity contribution in [1.82, 2.24) is 15.3 Å². The van der Waals surface area contributed by atoms with Crippen LogP contribution in [0, 0.1) is 5.92 Å². The Morgan fingerprint density at radius 3 is 2.36 bits per heavy atom. The van der Waals surface area contributed by atoms with Crippen LogP contribution in [0.2, 0.25) is 10.0 Å². The van der Waals surface area contributed by atoms with E-state index in [0.717, 1.165) is 35.9 Å². The van der Waals surface area contributed by atoms with Gasteiger partial charge in [-0.25, -0.2) is 4.98 Å². The van der Waals surface area contributed by atoms with Crippen LogP contribution in [0.15, 0.2) is 60.7 Å². The number of halogens is 2. The van der Waals surface area contributed by atoms with E-state index in [1.807, 2.05) is 42.5 Å². The van der Waals surface area contributed by atoms with Crippen LogP contribution < -0.4 is 10.6 Å². The van der Waals surface area contributed by atoms with Crippen LogP contribution in [-0.4, -0.2) is 27.8 Å². The van der Waals surface area contributed by atoms with Gasteiger partial charge in [0.25, 0.3) is 11.8 Å². The summed E-state index contributed by atoms with van der Waals surface area (Å²) in [6.45, 7) is 2.21. The molecule has 1 saturated carbocycles. The Kier molecular flexibility index (Phi) is 6.99. The summed E-state index contributed by atoms with van der Waals surface area (Å²) in [5.41, 5.74) is 4.11. The van der Waals surface area contributed by atoms with Crippen LogP contribution in [-0.2, 0) is 0 Å². The molecule has 2 atom stereocenters. The summed E-state index contributed by atoms with van der Waals surface area (Å²) in [6.07, 6.45) is 4.59. The molecule has 5 rings (SSSR count). The van der Waals surface area contributed by atoms with Crippen molar-refractivity contribution in [2.45, 2.75) is 38.6 Å². The van der Waals surface area contributed by atoms with Crippen LogP contribution in [0.4, 0.5) is 5.69 Å². The lowest BCUT2D eigenvalue weighted by Gasteiger charge is -2.29. The summed E-state index contributed by atoms with van der Waals surface area (Å²) in [5, 5.41) is 6.78. The molecule has 4 aromatic rings. The quantitative estimate of drug-likeness (QED) is 0.262. The SMILES string of the molecule is CC1CCCCC1NC(=O)c1ccc2[nH]c(-c3ccc(NC(=O)c4ccc(Cl)c(Cl)c4)cc3)nc2c1. The maximum atomic E-state index is 12.8. The van der Waals surface area contributed by atoms with E-state index >= 15 is 0 Å². The Labute approximate surface area is 219 Å². The van der Waals surface area contributed by atoms with Gasteiger partial charge >= 0.3 is 0 Å². The maximum absolute atomic E-state index is 12.8. The number of amides is 2. The number of carbonyl (C=O) groups excluding carboxylic acids is 2. The van der Waals surface area contributed by atoms with E-state index in [0.29, 0.717) is 38.6 Å². The van der Waals surface area contributed by atoms with Crippen molar-refractivity contribution in [3.05, 3.63) is 81.8 Å². The molecule has 1 heterocycles. The molecule has 1 aliphatic rings. The van der Waals surface area contributed by atoms with E-state index in [2.05, 4.69) is 22.5 Å². The Morgan fingerprint density at radius 1 is 0.889 bits per heavy atom. The number of rotatable bonds is 5. The molecule has 0 radical (unpaired) electrons. The number of aromatic amines is 1. The number of hydrogen-bond donors (Lipinski definition) is 3. The van der Waals surface area contributed by atoms with E-state index in [4.69, 9.17) is 28.2 Å². The Morgan fingerprint density at radius 2 is 1.61 bits per heavy atom. The molecule has 0 bridgehead atoms. The highest BCUT2D eigenvalue weighted by Gasteiger charge is 2.23. The van der Waals surface area contributed by atoms with Crippen LogP contribution in [0.5, 0.6) is 0 Å². The molecular weight excluding hydrogens is 495 g/mol. The number of hydrogen-bond acceptors (Lipinski definition) is 3. The fourth-order valence-corrected chi connectivity index (χ4v) is 4.92. The molecule has 8 heteroatoms. The van der Waals surface area contributed by atoms with E-state index in [-0.39, 0.29) is 17.9 Å². The normalized spacial score (nSPS) is 17.6. The standard InChI is InChI=1S/C28H26Cl2N4O2/c1-16-4-2-3-5-23(16)34-28(36)19-9-13-24-25(15-19)33-26(32-24)17-6-10-20(11-7-17)31-27(35)18-8-12-21(29)22(30)14-18/h6-16,23H,2-5H2,1H3,(H,31,35)(H,32,33)(H,34,36). The summed E-state index contributed by atoms with van der Waals surface area (Å²) in [4.78, 5) is 33.4. The number of carbonyl (C=O) groups is 2. The second-order valence-corrected chi connectivity index (χ2v) is 10.1. The zero-order valence-electron chi connectivity index (χ0n) is 19.8. The molecule has 1 fully saturated rings. The van der Waals surface area contributed by atoms with Crippen molar-refractivity contribution in [2.75, 3.05) is 5.32 Å². The highest BCUT2D eigenvalue weighted by molar-refractivity contribution is 6.42. The molecule has 0 saturated heterocycles. The Hall–Kier alpha value is -3.35. The minimum atomic E-state index is -0.279. The number of imidazole rings is 1. The van der Waals surface area contributed by atoms with Gasteiger partial charge in [0.05, 0.1) is 21.1 Å². The van der Waals surface area contributed by atoms with E-state index in [9.17, 15) is 9.59 Å². The van der Waals surface area contributed by atoms with Gasteiger partial charge in [0.1, 0.15) is 5.82 Å². The molecule has 1 aliphatic carbocycles. The first-order valence-corrected chi connectivity index (χ1v) is 12.8. The van der Waals surface area contributed by atoms with Crippen molar-refractivity contribution in [1.29, 1.82) is 0 Å². The number of aromatic nitrogens is 2. The first-order valence-electron chi connectivity index (χ1n) is 12.0. The molecule has 2 unspecified atom stereocenters. The van der Waals surface area contributed by atoms with Gasteiger partial charge in [-0.2, -0.15) is 0 Å². The second-order valence-electron chi connectivity index (χ2n) is 9.32.